The molecule has 19 heavy (non-hydrogen) atoms. The Morgan fingerprint density at radius 2 is 1.95 bits per heavy atom. The van der Waals surface area contributed by atoms with Crippen molar-refractivity contribution in [2.75, 3.05) is 12.4 Å². The lowest BCUT2D eigenvalue weighted by Gasteiger charge is -2.08. The van der Waals surface area contributed by atoms with Gasteiger partial charge in [-0.2, -0.15) is 0 Å². The number of benzene rings is 2. The highest BCUT2D eigenvalue weighted by atomic mass is 16.6. The number of nitrogens with one attached hydrogen (secondary N) is 1. The Bertz CT molecular complexity index is 570. The van der Waals surface area contributed by atoms with Crippen LogP contribution in [0.25, 0.3) is 0 Å². The molecule has 0 amide bonds. The van der Waals surface area contributed by atoms with Gasteiger partial charge in [-0.1, -0.05) is 30.3 Å². The van der Waals surface area contributed by atoms with Gasteiger partial charge in [-0.05, 0) is 11.6 Å². The van der Waals surface area contributed by atoms with Gasteiger partial charge < -0.3 is 10.1 Å². The Labute approximate surface area is 111 Å². The third-order valence-corrected chi connectivity index (χ3v) is 2.68. The fourth-order valence-corrected chi connectivity index (χ4v) is 1.71. The van der Waals surface area contributed by atoms with Gasteiger partial charge in [-0.25, -0.2) is 0 Å². The molecule has 2 rings (SSSR count). The van der Waals surface area contributed by atoms with Crippen molar-refractivity contribution in [2.24, 2.45) is 0 Å². The fourth-order valence-electron chi connectivity index (χ4n) is 1.71. The van der Waals surface area contributed by atoms with E-state index in [2.05, 4.69) is 5.32 Å². The smallest absolute Gasteiger partial charge is 0.292 e. The lowest BCUT2D eigenvalue weighted by Crippen LogP contribution is -1.99. The summed E-state index contributed by atoms with van der Waals surface area (Å²) in [5.41, 5.74) is 1.52. The van der Waals surface area contributed by atoms with Crippen LogP contribution in [0, 0.1) is 10.1 Å². The van der Waals surface area contributed by atoms with Crippen molar-refractivity contribution in [3.05, 3.63) is 64.2 Å². The molecule has 0 aliphatic heterocycles. The lowest BCUT2D eigenvalue weighted by atomic mass is 10.2. The summed E-state index contributed by atoms with van der Waals surface area (Å²) in [5.74, 6) is 0.596. The molecular weight excluding hydrogens is 244 g/mol. The van der Waals surface area contributed by atoms with E-state index in [0.29, 0.717) is 18.0 Å². The highest BCUT2D eigenvalue weighted by Gasteiger charge is 2.13. The summed E-state index contributed by atoms with van der Waals surface area (Å²) in [7, 11) is 1.64. The van der Waals surface area contributed by atoms with Gasteiger partial charge in [0, 0.05) is 19.2 Å². The van der Waals surface area contributed by atoms with Gasteiger partial charge in [0.2, 0.25) is 0 Å². The summed E-state index contributed by atoms with van der Waals surface area (Å²) in [4.78, 5) is 10.4. The minimum absolute atomic E-state index is 0.0366. The van der Waals surface area contributed by atoms with Crippen molar-refractivity contribution in [1.29, 1.82) is 0 Å². The zero-order valence-corrected chi connectivity index (χ0v) is 10.5. The number of anilines is 1. The lowest BCUT2D eigenvalue weighted by molar-refractivity contribution is -0.384. The van der Waals surface area contributed by atoms with Crippen LogP contribution < -0.4 is 10.1 Å². The van der Waals surface area contributed by atoms with E-state index < -0.39 is 4.92 Å². The predicted octanol–water partition coefficient (Wildman–Crippen LogP) is 3.22. The first-order chi connectivity index (χ1) is 9.20. The molecule has 0 spiro atoms. The Morgan fingerprint density at radius 1 is 1.21 bits per heavy atom. The van der Waals surface area contributed by atoms with Crippen LogP contribution in [0.1, 0.15) is 5.56 Å². The molecule has 0 fully saturated rings. The van der Waals surface area contributed by atoms with Crippen LogP contribution in [-0.2, 0) is 6.61 Å². The van der Waals surface area contributed by atoms with E-state index in [1.807, 2.05) is 30.3 Å². The number of hydrogen-bond donors (Lipinski definition) is 1. The second kappa shape index (κ2) is 5.86. The van der Waals surface area contributed by atoms with Crippen LogP contribution in [0.3, 0.4) is 0 Å². The molecule has 2 aromatic rings. The highest BCUT2D eigenvalue weighted by Crippen LogP contribution is 2.28. The molecule has 0 aromatic heterocycles. The fraction of sp³-hybridized carbons (Fsp3) is 0.143. The second-order valence-electron chi connectivity index (χ2n) is 3.96. The molecule has 0 aliphatic rings. The molecule has 0 unspecified atom stereocenters. The van der Waals surface area contributed by atoms with Gasteiger partial charge in [0.15, 0.2) is 0 Å². The van der Waals surface area contributed by atoms with Crippen molar-refractivity contribution in [3.63, 3.8) is 0 Å². The maximum atomic E-state index is 10.8. The summed E-state index contributed by atoms with van der Waals surface area (Å²) in [6.07, 6.45) is 0. The van der Waals surface area contributed by atoms with Gasteiger partial charge >= 0.3 is 0 Å². The van der Waals surface area contributed by atoms with Crippen LogP contribution in [0.15, 0.2) is 48.5 Å². The van der Waals surface area contributed by atoms with Crippen LogP contribution in [0.4, 0.5) is 11.4 Å². The molecular formula is C14H14N2O3. The zero-order chi connectivity index (χ0) is 13.7. The molecule has 0 saturated carbocycles. The first kappa shape index (κ1) is 12.9. The third-order valence-electron chi connectivity index (χ3n) is 2.68. The monoisotopic (exact) mass is 258 g/mol. The number of rotatable bonds is 5. The normalized spacial score (nSPS) is 9.95. The zero-order valence-electron chi connectivity index (χ0n) is 10.5. The number of hydrogen-bond acceptors (Lipinski definition) is 4. The van der Waals surface area contributed by atoms with Gasteiger partial charge in [0.25, 0.3) is 5.69 Å². The van der Waals surface area contributed by atoms with E-state index in [4.69, 9.17) is 4.74 Å². The summed E-state index contributed by atoms with van der Waals surface area (Å²) < 4.78 is 5.61. The van der Waals surface area contributed by atoms with E-state index in [1.54, 1.807) is 19.2 Å². The van der Waals surface area contributed by atoms with Crippen LogP contribution >= 0.6 is 0 Å². The summed E-state index contributed by atoms with van der Waals surface area (Å²) in [5, 5.41) is 13.6. The molecule has 0 bridgehead atoms. The Kier molecular flexibility index (Phi) is 3.97. The maximum Gasteiger partial charge on any atom is 0.292 e. The molecule has 0 heterocycles. The largest absolute Gasteiger partial charge is 0.489 e. The number of nitro groups is 1. The van der Waals surface area contributed by atoms with Gasteiger partial charge in [-0.3, -0.25) is 10.1 Å². The topological polar surface area (TPSA) is 64.4 Å². The molecule has 0 radical (unpaired) electrons. The van der Waals surface area contributed by atoms with E-state index in [1.165, 1.54) is 6.07 Å². The second-order valence-corrected chi connectivity index (χ2v) is 3.96. The molecule has 98 valence electrons. The van der Waals surface area contributed by atoms with Gasteiger partial charge in [0.1, 0.15) is 18.0 Å². The Balaban J connectivity index is 2.11. The van der Waals surface area contributed by atoms with Crippen LogP contribution in [0.2, 0.25) is 0 Å². The summed E-state index contributed by atoms with van der Waals surface area (Å²) >= 11 is 0. The average Bonchev–Trinajstić information content (AvgIpc) is 2.45. The first-order valence-electron chi connectivity index (χ1n) is 5.83. The third kappa shape index (κ3) is 3.22. The van der Waals surface area contributed by atoms with Crippen molar-refractivity contribution in [3.8, 4) is 5.75 Å². The van der Waals surface area contributed by atoms with E-state index in [0.717, 1.165) is 5.56 Å². The predicted molar refractivity (Wildman–Crippen MR) is 73.4 cm³/mol. The Morgan fingerprint density at radius 3 is 2.58 bits per heavy atom. The Hall–Kier alpha value is -2.56. The minimum atomic E-state index is -0.424. The van der Waals surface area contributed by atoms with E-state index in [-0.39, 0.29) is 5.69 Å². The molecule has 0 saturated heterocycles. The van der Waals surface area contributed by atoms with E-state index >= 15 is 0 Å². The summed E-state index contributed by atoms with van der Waals surface area (Å²) in [6, 6.07) is 14.4. The van der Waals surface area contributed by atoms with E-state index in [9.17, 15) is 10.1 Å². The molecule has 1 N–H and O–H groups in total. The van der Waals surface area contributed by atoms with Gasteiger partial charge in [-0.15, -0.1) is 0 Å². The first-order valence-corrected chi connectivity index (χ1v) is 5.83. The van der Waals surface area contributed by atoms with Crippen LogP contribution in [-0.4, -0.2) is 12.0 Å². The van der Waals surface area contributed by atoms with Crippen molar-refractivity contribution >= 4 is 11.4 Å². The number of nitro benzene ring substituents is 1. The quantitative estimate of drug-likeness (QED) is 0.660. The number of nitrogens with zero attached hydrogens (tertiary/aromatic N) is 1. The number of ether oxygens (including phenoxy) is 1. The molecule has 0 aliphatic carbocycles. The van der Waals surface area contributed by atoms with Crippen molar-refractivity contribution in [2.45, 2.75) is 6.61 Å². The summed E-state index contributed by atoms with van der Waals surface area (Å²) in [6.45, 7) is 0.432. The molecule has 5 nitrogen and oxygen atoms in total. The minimum Gasteiger partial charge on any atom is -0.489 e. The molecule has 0 atom stereocenters. The van der Waals surface area contributed by atoms with Crippen LogP contribution in [0.5, 0.6) is 5.75 Å². The maximum absolute atomic E-state index is 10.8. The standard InChI is InChI=1S/C14H14N2O3/c1-15-13-9-12(7-8-14(13)16(17)18)19-10-11-5-3-2-4-6-11/h2-9,15H,10H2,1H3. The van der Waals surface area contributed by atoms with Crippen molar-refractivity contribution < 1.29 is 9.66 Å². The van der Waals surface area contributed by atoms with Crippen molar-refractivity contribution in [1.82, 2.24) is 0 Å². The highest BCUT2D eigenvalue weighted by molar-refractivity contribution is 5.63. The van der Waals surface area contributed by atoms with Gasteiger partial charge in [0.05, 0.1) is 4.92 Å². The molecule has 5 heteroatoms. The average molecular weight is 258 g/mol. The SMILES string of the molecule is CNc1cc(OCc2ccccc2)ccc1[N+](=O)[O-]. The molecule has 2 aromatic carbocycles.